The van der Waals surface area contributed by atoms with Crippen LogP contribution in [0.1, 0.15) is 10.4 Å². The van der Waals surface area contributed by atoms with Crippen molar-refractivity contribution >= 4 is 38.3 Å². The Morgan fingerprint density at radius 1 is 1.09 bits per heavy atom. The summed E-state index contributed by atoms with van der Waals surface area (Å²) in [4.78, 5) is 16.3. The summed E-state index contributed by atoms with van der Waals surface area (Å²) in [5.74, 6) is -2.21. The van der Waals surface area contributed by atoms with E-state index in [1.807, 2.05) is 24.3 Å². The molecule has 1 amide bonds. The zero-order valence-corrected chi connectivity index (χ0v) is 13.9. The molecule has 116 valence electrons. The van der Waals surface area contributed by atoms with Crippen LogP contribution in [-0.4, -0.2) is 10.9 Å². The number of halogens is 3. The molecule has 0 aliphatic carbocycles. The van der Waals surface area contributed by atoms with Crippen LogP contribution in [0.25, 0.3) is 11.3 Å². The number of hydrogen-bond donors (Lipinski definition) is 1. The minimum absolute atomic E-state index is 0.0945. The Balaban J connectivity index is 1.78. The third kappa shape index (κ3) is 3.80. The zero-order chi connectivity index (χ0) is 16.4. The molecule has 0 spiro atoms. The lowest BCUT2D eigenvalue weighted by Crippen LogP contribution is -2.12. The van der Waals surface area contributed by atoms with E-state index in [0.29, 0.717) is 16.9 Å². The lowest BCUT2D eigenvalue weighted by Gasteiger charge is -2.02. The van der Waals surface area contributed by atoms with Crippen LogP contribution >= 0.6 is 27.3 Å². The number of carbonyl (C=O) groups excluding carboxylic acids is 1. The molecule has 1 N–H and O–H groups in total. The largest absolute Gasteiger partial charge is 0.298 e. The number of nitrogens with zero attached hydrogens (tertiary/aromatic N) is 1. The minimum Gasteiger partial charge on any atom is -0.298 e. The number of benzene rings is 2. The molecule has 0 saturated carbocycles. The number of carbonyl (C=O) groups is 1. The summed E-state index contributed by atoms with van der Waals surface area (Å²) in [5, 5.41) is 4.70. The summed E-state index contributed by atoms with van der Waals surface area (Å²) in [6, 6.07) is 10.2. The Bertz CT molecular complexity index is 845. The fraction of sp³-hybridized carbons (Fsp3) is 0. The summed E-state index contributed by atoms with van der Waals surface area (Å²) in [5.41, 5.74) is 1.52. The van der Waals surface area contributed by atoms with Gasteiger partial charge in [0.25, 0.3) is 5.91 Å². The van der Waals surface area contributed by atoms with Gasteiger partial charge in [0.05, 0.1) is 5.69 Å². The Hall–Kier alpha value is -2.12. The number of thiazole rings is 1. The molecule has 0 fully saturated rings. The molecule has 0 bridgehead atoms. The Morgan fingerprint density at radius 2 is 1.74 bits per heavy atom. The Labute approximate surface area is 143 Å². The van der Waals surface area contributed by atoms with Gasteiger partial charge >= 0.3 is 0 Å². The van der Waals surface area contributed by atoms with Gasteiger partial charge in [-0.05, 0) is 24.3 Å². The SMILES string of the molecule is O=C(Nc1nc(-c2ccc(Br)cc2)cs1)c1cc(F)cc(F)c1. The Morgan fingerprint density at radius 3 is 2.39 bits per heavy atom. The molecule has 3 nitrogen and oxygen atoms in total. The predicted octanol–water partition coefficient (Wildman–Crippen LogP) is 5.10. The first-order valence-corrected chi connectivity index (χ1v) is 8.17. The molecule has 1 aromatic heterocycles. The highest BCUT2D eigenvalue weighted by Crippen LogP contribution is 2.26. The molecule has 3 rings (SSSR count). The monoisotopic (exact) mass is 394 g/mol. The molecule has 1 heterocycles. The normalized spacial score (nSPS) is 10.6. The van der Waals surface area contributed by atoms with Gasteiger partial charge in [0.15, 0.2) is 5.13 Å². The molecule has 0 unspecified atom stereocenters. The average Bonchev–Trinajstić information content (AvgIpc) is 2.95. The molecular formula is C16H9BrF2N2OS. The van der Waals surface area contributed by atoms with Gasteiger partial charge in [-0.25, -0.2) is 13.8 Å². The maximum absolute atomic E-state index is 13.1. The second-order valence-electron chi connectivity index (χ2n) is 4.66. The van der Waals surface area contributed by atoms with Crippen molar-refractivity contribution in [3.05, 3.63) is 69.5 Å². The number of hydrogen-bond acceptors (Lipinski definition) is 3. The number of nitrogens with one attached hydrogen (secondary N) is 1. The van der Waals surface area contributed by atoms with E-state index in [4.69, 9.17) is 0 Å². The summed E-state index contributed by atoms with van der Waals surface area (Å²) < 4.78 is 27.3. The van der Waals surface area contributed by atoms with E-state index < -0.39 is 17.5 Å². The molecule has 0 atom stereocenters. The van der Waals surface area contributed by atoms with Crippen molar-refractivity contribution in [3.63, 3.8) is 0 Å². The van der Waals surface area contributed by atoms with Crippen molar-refractivity contribution in [3.8, 4) is 11.3 Å². The number of rotatable bonds is 3. The standard InChI is InChI=1S/C16H9BrF2N2OS/c17-11-3-1-9(2-4-11)14-8-23-16(20-14)21-15(22)10-5-12(18)7-13(19)6-10/h1-8H,(H,20,21,22). The Kier molecular flexibility index (Phi) is 4.49. The van der Waals surface area contributed by atoms with Crippen molar-refractivity contribution in [1.82, 2.24) is 4.98 Å². The van der Waals surface area contributed by atoms with Crippen LogP contribution in [0.3, 0.4) is 0 Å². The first kappa shape index (κ1) is 15.8. The number of amides is 1. The van der Waals surface area contributed by atoms with Crippen LogP contribution in [0, 0.1) is 11.6 Å². The van der Waals surface area contributed by atoms with Crippen LogP contribution in [-0.2, 0) is 0 Å². The lowest BCUT2D eigenvalue weighted by atomic mass is 10.2. The van der Waals surface area contributed by atoms with Crippen LogP contribution in [0.5, 0.6) is 0 Å². The van der Waals surface area contributed by atoms with Gasteiger partial charge in [0.1, 0.15) is 11.6 Å². The summed E-state index contributed by atoms with van der Waals surface area (Å²) in [6.07, 6.45) is 0. The molecule has 0 aliphatic rings. The molecule has 3 aromatic rings. The highest BCUT2D eigenvalue weighted by atomic mass is 79.9. The predicted molar refractivity (Wildman–Crippen MR) is 89.6 cm³/mol. The van der Waals surface area contributed by atoms with Crippen molar-refractivity contribution in [2.75, 3.05) is 5.32 Å². The number of aromatic nitrogens is 1. The molecular weight excluding hydrogens is 386 g/mol. The second kappa shape index (κ2) is 6.55. The molecule has 0 saturated heterocycles. The van der Waals surface area contributed by atoms with Crippen LogP contribution in [0.2, 0.25) is 0 Å². The average molecular weight is 395 g/mol. The van der Waals surface area contributed by atoms with E-state index in [1.165, 1.54) is 11.3 Å². The van der Waals surface area contributed by atoms with Crippen molar-refractivity contribution < 1.29 is 13.6 Å². The van der Waals surface area contributed by atoms with Gasteiger partial charge in [-0.2, -0.15) is 0 Å². The van der Waals surface area contributed by atoms with Crippen LogP contribution < -0.4 is 5.32 Å². The van der Waals surface area contributed by atoms with Crippen LogP contribution in [0.15, 0.2) is 52.3 Å². The molecule has 23 heavy (non-hydrogen) atoms. The van der Waals surface area contributed by atoms with E-state index >= 15 is 0 Å². The topological polar surface area (TPSA) is 42.0 Å². The molecule has 2 aromatic carbocycles. The van der Waals surface area contributed by atoms with Gasteiger partial charge in [-0.1, -0.05) is 28.1 Å². The van der Waals surface area contributed by atoms with E-state index in [-0.39, 0.29) is 5.56 Å². The third-order valence-electron chi connectivity index (χ3n) is 2.99. The third-order valence-corrected chi connectivity index (χ3v) is 4.28. The first-order chi connectivity index (χ1) is 11.0. The molecule has 0 radical (unpaired) electrons. The van der Waals surface area contributed by atoms with Gasteiger partial charge in [0, 0.05) is 27.0 Å². The highest BCUT2D eigenvalue weighted by Gasteiger charge is 2.12. The zero-order valence-electron chi connectivity index (χ0n) is 11.5. The van der Waals surface area contributed by atoms with E-state index in [2.05, 4.69) is 26.2 Å². The van der Waals surface area contributed by atoms with E-state index in [0.717, 1.165) is 22.2 Å². The van der Waals surface area contributed by atoms with Crippen LogP contribution in [0.4, 0.5) is 13.9 Å². The second-order valence-corrected chi connectivity index (χ2v) is 6.43. The maximum atomic E-state index is 13.1. The van der Waals surface area contributed by atoms with Gasteiger partial charge in [-0.15, -0.1) is 11.3 Å². The van der Waals surface area contributed by atoms with Gasteiger partial charge in [0.2, 0.25) is 0 Å². The van der Waals surface area contributed by atoms with E-state index in [1.54, 1.807) is 5.38 Å². The maximum Gasteiger partial charge on any atom is 0.257 e. The summed E-state index contributed by atoms with van der Waals surface area (Å²) in [6.45, 7) is 0. The van der Waals surface area contributed by atoms with Gasteiger partial charge < -0.3 is 0 Å². The van der Waals surface area contributed by atoms with Gasteiger partial charge in [-0.3, -0.25) is 10.1 Å². The quantitative estimate of drug-likeness (QED) is 0.670. The van der Waals surface area contributed by atoms with E-state index in [9.17, 15) is 13.6 Å². The van der Waals surface area contributed by atoms with Crippen molar-refractivity contribution in [2.45, 2.75) is 0 Å². The molecule has 0 aliphatic heterocycles. The van der Waals surface area contributed by atoms with Crippen molar-refractivity contribution in [1.29, 1.82) is 0 Å². The minimum atomic E-state index is -0.801. The highest BCUT2D eigenvalue weighted by molar-refractivity contribution is 9.10. The smallest absolute Gasteiger partial charge is 0.257 e. The number of anilines is 1. The first-order valence-electron chi connectivity index (χ1n) is 6.50. The fourth-order valence-corrected chi connectivity index (χ4v) is 2.92. The summed E-state index contributed by atoms with van der Waals surface area (Å²) in [7, 11) is 0. The lowest BCUT2D eigenvalue weighted by molar-refractivity contribution is 0.102. The summed E-state index contributed by atoms with van der Waals surface area (Å²) >= 11 is 4.60. The fourth-order valence-electron chi connectivity index (χ4n) is 1.94. The molecule has 7 heteroatoms. The van der Waals surface area contributed by atoms with Crippen molar-refractivity contribution in [2.24, 2.45) is 0 Å².